The highest BCUT2D eigenvalue weighted by Crippen LogP contribution is 2.32. The van der Waals surface area contributed by atoms with E-state index in [0.717, 1.165) is 49.5 Å². The Kier molecular flexibility index (Phi) is 8.21. The smallest absolute Gasteiger partial charge is 0.303 e. The number of ether oxygens (including phenoxy) is 1. The van der Waals surface area contributed by atoms with E-state index in [0.29, 0.717) is 37.5 Å². The fraction of sp³-hybridized carbons (Fsp3) is 0.704. The number of carbonyl (C=O) groups excluding carboxylic acids is 1. The first kappa shape index (κ1) is 27.9. The van der Waals surface area contributed by atoms with Gasteiger partial charge in [-0.3, -0.25) is 9.10 Å². The summed E-state index contributed by atoms with van der Waals surface area (Å²) in [5, 5.41) is 2.94. The van der Waals surface area contributed by atoms with Gasteiger partial charge in [-0.1, -0.05) is 20.8 Å². The number of benzene rings is 1. The number of aromatic nitrogens is 2. The van der Waals surface area contributed by atoms with Gasteiger partial charge in [0.25, 0.3) is 0 Å². The molecule has 0 unspecified atom stereocenters. The van der Waals surface area contributed by atoms with Crippen LogP contribution in [0.25, 0.3) is 11.0 Å². The Morgan fingerprint density at radius 3 is 2.41 bits per heavy atom. The zero-order valence-corrected chi connectivity index (χ0v) is 24.0. The summed E-state index contributed by atoms with van der Waals surface area (Å²) >= 11 is 0. The Balaban J connectivity index is 1.55. The van der Waals surface area contributed by atoms with Gasteiger partial charge in [-0.2, -0.15) is 12.7 Å². The Hall–Kier alpha value is -2.17. The Bertz CT molecular complexity index is 1200. The highest BCUT2D eigenvalue weighted by Gasteiger charge is 2.34. The first-order valence-corrected chi connectivity index (χ1v) is 14.9. The van der Waals surface area contributed by atoms with E-state index in [1.807, 2.05) is 32.0 Å². The van der Waals surface area contributed by atoms with Crippen LogP contribution in [0, 0.1) is 11.8 Å². The molecule has 0 bridgehead atoms. The van der Waals surface area contributed by atoms with E-state index in [9.17, 15) is 13.2 Å². The largest absolute Gasteiger partial charge is 0.381 e. The van der Waals surface area contributed by atoms with Gasteiger partial charge in [0.1, 0.15) is 5.82 Å². The minimum Gasteiger partial charge on any atom is -0.381 e. The van der Waals surface area contributed by atoms with Crippen molar-refractivity contribution in [1.29, 1.82) is 0 Å². The second kappa shape index (κ2) is 10.9. The second-order valence-electron chi connectivity index (χ2n) is 11.8. The number of imidazole rings is 1. The van der Waals surface area contributed by atoms with Gasteiger partial charge in [-0.05, 0) is 63.6 Å². The third-order valence-corrected chi connectivity index (χ3v) is 9.40. The Morgan fingerprint density at radius 2 is 1.81 bits per heavy atom. The fourth-order valence-electron chi connectivity index (χ4n) is 5.32. The number of amides is 1. The van der Waals surface area contributed by atoms with E-state index in [2.05, 4.69) is 30.7 Å². The van der Waals surface area contributed by atoms with E-state index in [-0.39, 0.29) is 23.3 Å². The third-order valence-electron chi connectivity index (χ3n) is 7.48. The van der Waals surface area contributed by atoms with Crippen LogP contribution in [0.15, 0.2) is 18.2 Å². The van der Waals surface area contributed by atoms with Crippen LogP contribution < -0.4 is 9.62 Å². The van der Waals surface area contributed by atoms with E-state index >= 15 is 0 Å². The van der Waals surface area contributed by atoms with Gasteiger partial charge in [0, 0.05) is 57.3 Å². The predicted molar refractivity (Wildman–Crippen MR) is 147 cm³/mol. The molecule has 0 atom stereocenters. The van der Waals surface area contributed by atoms with Crippen LogP contribution in [0.2, 0.25) is 0 Å². The highest BCUT2D eigenvalue weighted by atomic mass is 32.2. The number of rotatable bonds is 7. The quantitative estimate of drug-likeness (QED) is 0.586. The van der Waals surface area contributed by atoms with E-state index < -0.39 is 10.2 Å². The van der Waals surface area contributed by atoms with Gasteiger partial charge in [-0.25, -0.2) is 4.98 Å². The lowest BCUT2D eigenvalue weighted by atomic mass is 9.94. The summed E-state index contributed by atoms with van der Waals surface area (Å²) in [5.74, 6) is 1.42. The minimum absolute atomic E-state index is 0.0110. The molecule has 2 saturated heterocycles. The van der Waals surface area contributed by atoms with Crippen molar-refractivity contribution in [3.05, 3.63) is 24.0 Å². The van der Waals surface area contributed by atoms with Crippen molar-refractivity contribution >= 4 is 32.8 Å². The minimum atomic E-state index is -3.72. The fourth-order valence-corrected chi connectivity index (χ4v) is 6.71. The first-order chi connectivity index (χ1) is 17.4. The monoisotopic (exact) mass is 533 g/mol. The summed E-state index contributed by atoms with van der Waals surface area (Å²) in [6.45, 7) is 13.5. The number of nitrogens with one attached hydrogen (secondary N) is 1. The topological polar surface area (TPSA) is 96.8 Å². The maximum Gasteiger partial charge on any atom is 0.303 e. The van der Waals surface area contributed by atoms with Crippen molar-refractivity contribution in [2.75, 3.05) is 37.7 Å². The Morgan fingerprint density at radius 1 is 1.16 bits per heavy atom. The van der Waals surface area contributed by atoms with Gasteiger partial charge in [0.2, 0.25) is 5.91 Å². The highest BCUT2D eigenvalue weighted by molar-refractivity contribution is 7.90. The molecule has 0 radical (unpaired) electrons. The van der Waals surface area contributed by atoms with Crippen molar-refractivity contribution in [1.82, 2.24) is 19.2 Å². The van der Waals surface area contributed by atoms with Crippen molar-refractivity contribution in [3.63, 3.8) is 0 Å². The molecule has 0 spiro atoms. The van der Waals surface area contributed by atoms with Crippen molar-refractivity contribution in [3.8, 4) is 0 Å². The van der Waals surface area contributed by atoms with Crippen molar-refractivity contribution < 1.29 is 17.9 Å². The standard InChI is InChI=1S/C27H43N5O4S/c1-19(2)28-25(33)21-9-13-31(14-10-21)37(34,35)30(6)22-7-8-24-23(17-22)29-26(27(3,4)5)32(24)18-20-11-15-36-16-12-20/h7-8,17,19-21H,9-16,18H2,1-6H3,(H,28,33). The lowest BCUT2D eigenvalue weighted by molar-refractivity contribution is -0.126. The van der Waals surface area contributed by atoms with Crippen LogP contribution in [0.1, 0.15) is 66.1 Å². The molecule has 1 aromatic heterocycles. The molecule has 206 valence electrons. The number of hydrogen-bond donors (Lipinski definition) is 1. The lowest BCUT2D eigenvalue weighted by Crippen LogP contribution is -2.48. The molecule has 1 amide bonds. The summed E-state index contributed by atoms with van der Waals surface area (Å²) in [6, 6.07) is 5.83. The molecule has 2 aliphatic heterocycles. The zero-order valence-electron chi connectivity index (χ0n) is 23.2. The maximum absolute atomic E-state index is 13.5. The molecule has 2 aliphatic rings. The number of piperidine rings is 1. The number of fused-ring (bicyclic) bond motifs is 1. The average molecular weight is 534 g/mol. The molecule has 1 N–H and O–H groups in total. The van der Waals surface area contributed by atoms with E-state index in [1.54, 1.807) is 7.05 Å². The average Bonchev–Trinajstić information content (AvgIpc) is 3.22. The molecule has 3 heterocycles. The maximum atomic E-state index is 13.5. The SMILES string of the molecule is CC(C)NC(=O)C1CCN(S(=O)(=O)N(C)c2ccc3c(c2)nc(C(C)(C)C)n3CC2CCOCC2)CC1. The van der Waals surface area contributed by atoms with Crippen LogP contribution in [0.5, 0.6) is 0 Å². The molecular weight excluding hydrogens is 490 g/mol. The van der Waals surface area contributed by atoms with Gasteiger partial charge >= 0.3 is 10.2 Å². The molecular formula is C27H43N5O4S. The number of anilines is 1. The predicted octanol–water partition coefficient (Wildman–Crippen LogP) is 3.68. The molecule has 2 fully saturated rings. The summed E-state index contributed by atoms with van der Waals surface area (Å²) in [5.41, 5.74) is 2.28. The normalized spacial score (nSPS) is 19.0. The number of nitrogens with zero attached hydrogens (tertiary/aromatic N) is 4. The first-order valence-electron chi connectivity index (χ1n) is 13.5. The number of hydrogen-bond acceptors (Lipinski definition) is 5. The Labute approximate surface area is 221 Å². The van der Waals surface area contributed by atoms with Crippen LogP contribution >= 0.6 is 0 Å². The molecule has 1 aromatic carbocycles. The molecule has 10 heteroatoms. The summed E-state index contributed by atoms with van der Waals surface area (Å²) in [4.78, 5) is 17.4. The van der Waals surface area contributed by atoms with Crippen molar-refractivity contribution in [2.24, 2.45) is 11.8 Å². The zero-order chi connectivity index (χ0) is 27.0. The van der Waals surface area contributed by atoms with Crippen LogP contribution in [-0.2, 0) is 31.7 Å². The van der Waals surface area contributed by atoms with Gasteiger partial charge < -0.3 is 14.6 Å². The number of carbonyl (C=O) groups is 1. The molecule has 0 saturated carbocycles. The van der Waals surface area contributed by atoms with Crippen LogP contribution in [0.3, 0.4) is 0 Å². The van der Waals surface area contributed by atoms with Crippen molar-refractivity contribution in [2.45, 2.75) is 78.3 Å². The summed E-state index contributed by atoms with van der Waals surface area (Å²) in [7, 11) is -2.13. The summed E-state index contributed by atoms with van der Waals surface area (Å²) < 4.78 is 37.7. The molecule has 9 nitrogen and oxygen atoms in total. The van der Waals surface area contributed by atoms with Gasteiger partial charge in [-0.15, -0.1) is 0 Å². The van der Waals surface area contributed by atoms with Gasteiger partial charge in [0.05, 0.1) is 16.7 Å². The van der Waals surface area contributed by atoms with E-state index in [1.165, 1.54) is 8.61 Å². The molecule has 4 rings (SSSR count). The van der Waals surface area contributed by atoms with Crippen LogP contribution in [0.4, 0.5) is 5.69 Å². The third kappa shape index (κ3) is 6.12. The molecule has 2 aromatic rings. The lowest BCUT2D eigenvalue weighted by Gasteiger charge is -2.34. The molecule has 37 heavy (non-hydrogen) atoms. The van der Waals surface area contributed by atoms with Gasteiger partial charge in [0.15, 0.2) is 0 Å². The second-order valence-corrected chi connectivity index (χ2v) is 13.8. The molecule has 0 aliphatic carbocycles. The van der Waals surface area contributed by atoms with E-state index in [4.69, 9.17) is 9.72 Å². The summed E-state index contributed by atoms with van der Waals surface area (Å²) in [6.07, 6.45) is 3.13. The van der Waals surface area contributed by atoms with Crippen LogP contribution in [-0.4, -0.2) is 67.6 Å².